The second-order valence-corrected chi connectivity index (χ2v) is 7.92. The second-order valence-electron chi connectivity index (χ2n) is 6.00. The third-order valence-electron chi connectivity index (χ3n) is 4.40. The highest BCUT2D eigenvalue weighted by atomic mass is 32.2. The minimum atomic E-state index is -3.29. The molecule has 0 aliphatic carbocycles. The number of aromatic nitrogens is 2. The number of sulfonamides is 1. The fourth-order valence-corrected chi connectivity index (χ4v) is 5.09. The maximum Gasteiger partial charge on any atom is 0.218 e. The van der Waals surface area contributed by atoms with Gasteiger partial charge in [-0.15, -0.1) is 0 Å². The first-order valence-corrected chi connectivity index (χ1v) is 9.74. The van der Waals surface area contributed by atoms with E-state index in [-0.39, 0.29) is 11.8 Å². The topological polar surface area (TPSA) is 55.2 Å². The number of benzene rings is 1. The van der Waals surface area contributed by atoms with Crippen molar-refractivity contribution in [1.29, 1.82) is 0 Å². The van der Waals surface area contributed by atoms with Gasteiger partial charge in [0.25, 0.3) is 0 Å². The third-order valence-corrected chi connectivity index (χ3v) is 6.29. The van der Waals surface area contributed by atoms with E-state index >= 15 is 0 Å². The lowest BCUT2D eigenvalue weighted by Crippen LogP contribution is -2.38. The molecule has 0 spiro atoms. The lowest BCUT2D eigenvalue weighted by molar-refractivity contribution is 0.348. The summed E-state index contributed by atoms with van der Waals surface area (Å²) < 4.78 is 29.4. The van der Waals surface area contributed by atoms with Crippen molar-refractivity contribution < 1.29 is 8.42 Å². The van der Waals surface area contributed by atoms with Gasteiger partial charge in [-0.25, -0.2) is 13.4 Å². The Bertz CT molecular complexity index is 740. The number of rotatable bonds is 6. The van der Waals surface area contributed by atoms with Crippen LogP contribution in [0.15, 0.2) is 42.7 Å². The molecule has 1 fully saturated rings. The van der Waals surface area contributed by atoms with E-state index < -0.39 is 10.0 Å². The molecule has 2 heterocycles. The average Bonchev–Trinajstić information content (AvgIpc) is 3.17. The molecule has 1 atom stereocenters. The smallest absolute Gasteiger partial charge is 0.218 e. The maximum atomic E-state index is 12.8. The van der Waals surface area contributed by atoms with Gasteiger partial charge >= 0.3 is 0 Å². The molecule has 0 radical (unpaired) electrons. The van der Waals surface area contributed by atoms with Gasteiger partial charge in [-0.1, -0.05) is 37.3 Å². The number of hydrogen-bond donors (Lipinski definition) is 0. The number of aryl methyl sites for hydroxylation is 1. The van der Waals surface area contributed by atoms with E-state index in [0.717, 1.165) is 30.7 Å². The number of nitrogens with zero attached hydrogens (tertiary/aromatic N) is 3. The minimum absolute atomic E-state index is 0.0308. The van der Waals surface area contributed by atoms with Gasteiger partial charge in [-0.05, 0) is 18.4 Å². The fraction of sp³-hybridized carbons (Fsp3) is 0.471. The van der Waals surface area contributed by atoms with Crippen molar-refractivity contribution in [3.8, 4) is 0 Å². The molecule has 1 aliphatic rings. The summed E-state index contributed by atoms with van der Waals surface area (Å²) >= 11 is 0. The lowest BCUT2D eigenvalue weighted by Gasteiger charge is -2.25. The molecule has 1 saturated heterocycles. The van der Waals surface area contributed by atoms with E-state index in [9.17, 15) is 8.42 Å². The Balaban J connectivity index is 1.75. The highest BCUT2D eigenvalue weighted by Gasteiger charge is 2.34. The average molecular weight is 333 g/mol. The van der Waals surface area contributed by atoms with Crippen LogP contribution in [0.5, 0.6) is 0 Å². The van der Waals surface area contributed by atoms with Gasteiger partial charge in [0.1, 0.15) is 5.82 Å². The summed E-state index contributed by atoms with van der Waals surface area (Å²) in [6.45, 7) is 3.38. The van der Waals surface area contributed by atoms with Crippen molar-refractivity contribution in [2.45, 2.75) is 44.5 Å². The quantitative estimate of drug-likeness (QED) is 0.816. The van der Waals surface area contributed by atoms with Crippen molar-refractivity contribution in [1.82, 2.24) is 13.9 Å². The molecule has 3 rings (SSSR count). The monoisotopic (exact) mass is 333 g/mol. The molecule has 23 heavy (non-hydrogen) atoms. The summed E-state index contributed by atoms with van der Waals surface area (Å²) in [6, 6.07) is 9.43. The van der Waals surface area contributed by atoms with Gasteiger partial charge in [0.15, 0.2) is 0 Å². The summed E-state index contributed by atoms with van der Waals surface area (Å²) in [5, 5.41) is 0. The van der Waals surface area contributed by atoms with Crippen LogP contribution in [-0.4, -0.2) is 34.9 Å². The SMILES string of the molecule is CCc1nccn1C[C@H]1CCCN1S(=O)(=O)Cc1ccccc1. The third kappa shape index (κ3) is 3.64. The van der Waals surface area contributed by atoms with Crippen LogP contribution in [0.2, 0.25) is 0 Å². The van der Waals surface area contributed by atoms with Gasteiger partial charge in [0.2, 0.25) is 10.0 Å². The Labute approximate surface area is 138 Å². The minimum Gasteiger partial charge on any atom is -0.333 e. The van der Waals surface area contributed by atoms with E-state index in [0.29, 0.717) is 13.1 Å². The summed E-state index contributed by atoms with van der Waals surface area (Å²) in [4.78, 5) is 4.33. The molecule has 1 aromatic carbocycles. The predicted octanol–water partition coefficient (Wildman–Crippen LogP) is 2.44. The molecule has 0 unspecified atom stereocenters. The van der Waals surface area contributed by atoms with Gasteiger partial charge in [-0.3, -0.25) is 0 Å². The van der Waals surface area contributed by atoms with Crippen molar-refractivity contribution in [2.75, 3.05) is 6.54 Å². The van der Waals surface area contributed by atoms with Gasteiger partial charge in [-0.2, -0.15) is 4.31 Å². The summed E-state index contributed by atoms with van der Waals surface area (Å²) in [5.74, 6) is 1.09. The first kappa shape index (κ1) is 16.2. The Kier molecular flexibility index (Phi) is 4.82. The van der Waals surface area contributed by atoms with E-state index in [2.05, 4.69) is 16.5 Å². The summed E-state index contributed by atoms with van der Waals surface area (Å²) in [5.41, 5.74) is 0.843. The van der Waals surface area contributed by atoms with Crippen molar-refractivity contribution in [3.05, 3.63) is 54.1 Å². The normalized spacial score (nSPS) is 19.3. The molecule has 0 bridgehead atoms. The highest BCUT2D eigenvalue weighted by molar-refractivity contribution is 7.88. The zero-order valence-corrected chi connectivity index (χ0v) is 14.2. The Morgan fingerprint density at radius 2 is 2.04 bits per heavy atom. The zero-order chi connectivity index (χ0) is 16.3. The van der Waals surface area contributed by atoms with Gasteiger partial charge in [0, 0.05) is 37.9 Å². The first-order valence-electron chi connectivity index (χ1n) is 8.13. The molecule has 0 saturated carbocycles. The number of hydrogen-bond acceptors (Lipinski definition) is 3. The van der Waals surface area contributed by atoms with E-state index in [4.69, 9.17) is 0 Å². The molecular weight excluding hydrogens is 310 g/mol. The molecule has 1 aromatic heterocycles. The Morgan fingerprint density at radius 3 is 2.78 bits per heavy atom. The molecule has 2 aromatic rings. The highest BCUT2D eigenvalue weighted by Crippen LogP contribution is 2.25. The molecule has 5 nitrogen and oxygen atoms in total. The van der Waals surface area contributed by atoms with Gasteiger partial charge in [0.05, 0.1) is 5.75 Å². The molecule has 124 valence electrons. The molecule has 0 N–H and O–H groups in total. The fourth-order valence-electron chi connectivity index (χ4n) is 3.27. The van der Waals surface area contributed by atoms with Crippen LogP contribution in [0.4, 0.5) is 0 Å². The number of imidazole rings is 1. The molecule has 6 heteroatoms. The van der Waals surface area contributed by atoms with Crippen molar-refractivity contribution >= 4 is 10.0 Å². The summed E-state index contributed by atoms with van der Waals surface area (Å²) in [7, 11) is -3.29. The lowest BCUT2D eigenvalue weighted by atomic mass is 10.2. The molecular formula is C17H23N3O2S. The van der Waals surface area contributed by atoms with Crippen LogP contribution in [-0.2, 0) is 28.7 Å². The van der Waals surface area contributed by atoms with Crippen LogP contribution in [0.1, 0.15) is 31.2 Å². The predicted molar refractivity (Wildman–Crippen MR) is 90.4 cm³/mol. The Hall–Kier alpha value is -1.66. The van der Waals surface area contributed by atoms with E-state index in [1.54, 1.807) is 10.5 Å². The van der Waals surface area contributed by atoms with Gasteiger partial charge < -0.3 is 4.57 Å². The van der Waals surface area contributed by atoms with Crippen LogP contribution < -0.4 is 0 Å². The first-order chi connectivity index (χ1) is 11.1. The molecule has 0 amide bonds. The standard InChI is InChI=1S/C17H23N3O2S/c1-2-17-18-10-12-19(17)13-16-9-6-11-20(16)23(21,22)14-15-7-4-3-5-8-15/h3-5,7-8,10,12,16H,2,6,9,11,13-14H2,1H3/t16-/m1/s1. The van der Waals surface area contributed by atoms with Crippen LogP contribution >= 0.6 is 0 Å². The largest absolute Gasteiger partial charge is 0.333 e. The van der Waals surface area contributed by atoms with Crippen LogP contribution in [0.3, 0.4) is 0 Å². The zero-order valence-electron chi connectivity index (χ0n) is 13.4. The van der Waals surface area contributed by atoms with E-state index in [1.165, 1.54) is 0 Å². The maximum absolute atomic E-state index is 12.8. The van der Waals surface area contributed by atoms with Crippen molar-refractivity contribution in [3.63, 3.8) is 0 Å². The van der Waals surface area contributed by atoms with Crippen molar-refractivity contribution in [2.24, 2.45) is 0 Å². The summed E-state index contributed by atoms with van der Waals surface area (Å²) in [6.07, 6.45) is 6.43. The Morgan fingerprint density at radius 1 is 1.26 bits per heavy atom. The second kappa shape index (κ2) is 6.84. The van der Waals surface area contributed by atoms with Crippen LogP contribution in [0.25, 0.3) is 0 Å². The molecule has 1 aliphatic heterocycles. The van der Waals surface area contributed by atoms with Crippen LogP contribution in [0, 0.1) is 0 Å². The van der Waals surface area contributed by atoms with E-state index in [1.807, 2.05) is 36.5 Å².